The van der Waals surface area contributed by atoms with Gasteiger partial charge in [0, 0.05) is 23.8 Å². The van der Waals surface area contributed by atoms with Gasteiger partial charge in [0.05, 0.1) is 12.1 Å². The molecule has 0 aliphatic heterocycles. The number of benzene rings is 1. The lowest BCUT2D eigenvalue weighted by atomic mass is 10.0. The van der Waals surface area contributed by atoms with E-state index < -0.39 is 0 Å². The maximum absolute atomic E-state index is 12.4. The highest BCUT2D eigenvalue weighted by atomic mass is 16.5. The van der Waals surface area contributed by atoms with Gasteiger partial charge in [-0.2, -0.15) is 0 Å². The number of fused-ring (bicyclic) bond motifs is 2. The standard InChI is InChI=1S/C15H17NO2/c1-18-9-8-10-4-2-6-12-14(10)16-13-7-3-5-11(13)15(12)17/h2,4,6H,3,5,7-9H2,1H3,(H,16,17). The Hall–Kier alpha value is -1.61. The molecule has 1 aliphatic rings. The molecule has 0 unspecified atom stereocenters. The van der Waals surface area contributed by atoms with E-state index in [0.717, 1.165) is 47.8 Å². The van der Waals surface area contributed by atoms with Crippen LogP contribution in [0.2, 0.25) is 0 Å². The number of aromatic amines is 1. The van der Waals surface area contributed by atoms with Crippen LogP contribution in [-0.4, -0.2) is 18.7 Å². The molecule has 0 atom stereocenters. The van der Waals surface area contributed by atoms with Crippen molar-refractivity contribution in [3.8, 4) is 0 Å². The van der Waals surface area contributed by atoms with Crippen molar-refractivity contribution < 1.29 is 4.74 Å². The van der Waals surface area contributed by atoms with Gasteiger partial charge in [0.25, 0.3) is 0 Å². The fourth-order valence-electron chi connectivity index (χ4n) is 2.80. The summed E-state index contributed by atoms with van der Waals surface area (Å²) in [6, 6.07) is 5.95. The van der Waals surface area contributed by atoms with Gasteiger partial charge in [0.1, 0.15) is 0 Å². The van der Waals surface area contributed by atoms with Gasteiger partial charge in [-0.25, -0.2) is 0 Å². The molecule has 1 aromatic carbocycles. The molecule has 3 heteroatoms. The Bertz CT molecular complexity index is 643. The van der Waals surface area contributed by atoms with E-state index >= 15 is 0 Å². The van der Waals surface area contributed by atoms with E-state index in [0.29, 0.717) is 6.61 Å². The molecule has 0 spiro atoms. The maximum Gasteiger partial charge on any atom is 0.192 e. The van der Waals surface area contributed by atoms with E-state index in [1.165, 1.54) is 5.56 Å². The second kappa shape index (κ2) is 4.58. The topological polar surface area (TPSA) is 42.1 Å². The van der Waals surface area contributed by atoms with Gasteiger partial charge in [0.2, 0.25) is 0 Å². The highest BCUT2D eigenvalue weighted by Gasteiger charge is 2.17. The lowest BCUT2D eigenvalue weighted by Gasteiger charge is -2.08. The highest BCUT2D eigenvalue weighted by Crippen LogP contribution is 2.22. The summed E-state index contributed by atoms with van der Waals surface area (Å²) < 4.78 is 5.13. The van der Waals surface area contributed by atoms with Gasteiger partial charge in [-0.15, -0.1) is 0 Å². The molecule has 0 radical (unpaired) electrons. The number of hydrogen-bond acceptors (Lipinski definition) is 2. The molecule has 0 fully saturated rings. The number of para-hydroxylation sites is 1. The van der Waals surface area contributed by atoms with E-state index in [1.54, 1.807) is 7.11 Å². The van der Waals surface area contributed by atoms with E-state index in [9.17, 15) is 4.79 Å². The van der Waals surface area contributed by atoms with Crippen LogP contribution in [0.25, 0.3) is 10.9 Å². The summed E-state index contributed by atoms with van der Waals surface area (Å²) in [7, 11) is 1.70. The second-order valence-corrected chi connectivity index (χ2v) is 4.85. The molecule has 94 valence electrons. The predicted octanol–water partition coefficient (Wildman–Crippen LogP) is 2.21. The van der Waals surface area contributed by atoms with E-state index in [-0.39, 0.29) is 5.43 Å². The van der Waals surface area contributed by atoms with Crippen molar-refractivity contribution in [1.82, 2.24) is 4.98 Å². The van der Waals surface area contributed by atoms with Crippen molar-refractivity contribution in [3.63, 3.8) is 0 Å². The summed E-state index contributed by atoms with van der Waals surface area (Å²) >= 11 is 0. The second-order valence-electron chi connectivity index (χ2n) is 4.85. The lowest BCUT2D eigenvalue weighted by Crippen LogP contribution is -2.12. The molecule has 18 heavy (non-hydrogen) atoms. The van der Waals surface area contributed by atoms with Gasteiger partial charge >= 0.3 is 0 Å². The molecule has 1 aromatic heterocycles. The van der Waals surface area contributed by atoms with Crippen molar-refractivity contribution in [2.75, 3.05) is 13.7 Å². The molecule has 3 rings (SSSR count). The number of methoxy groups -OCH3 is 1. The highest BCUT2D eigenvalue weighted by molar-refractivity contribution is 5.82. The molecular formula is C15H17NO2. The van der Waals surface area contributed by atoms with Crippen LogP contribution in [0.5, 0.6) is 0 Å². The smallest absolute Gasteiger partial charge is 0.192 e. The SMILES string of the molecule is COCCc1cccc2c(=O)c3c([nH]c12)CCC3. The van der Waals surface area contributed by atoms with Crippen LogP contribution in [0.3, 0.4) is 0 Å². The number of aromatic nitrogens is 1. The van der Waals surface area contributed by atoms with Crippen LogP contribution in [0.1, 0.15) is 23.2 Å². The molecular weight excluding hydrogens is 226 g/mol. The molecule has 0 amide bonds. The first-order chi connectivity index (χ1) is 8.81. The molecule has 2 aromatic rings. The Morgan fingerprint density at radius 3 is 3.06 bits per heavy atom. The van der Waals surface area contributed by atoms with Crippen molar-refractivity contribution in [2.45, 2.75) is 25.7 Å². The fourth-order valence-corrected chi connectivity index (χ4v) is 2.80. The third-order valence-corrected chi connectivity index (χ3v) is 3.74. The van der Waals surface area contributed by atoms with E-state index in [1.807, 2.05) is 12.1 Å². The van der Waals surface area contributed by atoms with Gasteiger partial charge in [0.15, 0.2) is 5.43 Å². The van der Waals surface area contributed by atoms with Crippen molar-refractivity contribution in [2.24, 2.45) is 0 Å². The predicted molar refractivity (Wildman–Crippen MR) is 72.2 cm³/mol. The quantitative estimate of drug-likeness (QED) is 0.898. The number of H-pyrrole nitrogens is 1. The normalized spacial score (nSPS) is 14.1. The van der Waals surface area contributed by atoms with Crippen molar-refractivity contribution in [1.29, 1.82) is 0 Å². The van der Waals surface area contributed by atoms with E-state index in [2.05, 4.69) is 11.1 Å². The molecule has 0 saturated carbocycles. The number of nitrogens with one attached hydrogen (secondary N) is 1. The number of rotatable bonds is 3. The Labute approximate surface area is 106 Å². The molecule has 0 saturated heterocycles. The number of pyridine rings is 1. The Morgan fingerprint density at radius 2 is 2.22 bits per heavy atom. The Balaban J connectivity index is 2.22. The number of aryl methyl sites for hydroxylation is 1. The maximum atomic E-state index is 12.4. The average Bonchev–Trinajstić information content (AvgIpc) is 2.85. The first-order valence-corrected chi connectivity index (χ1v) is 6.46. The van der Waals surface area contributed by atoms with Crippen LogP contribution >= 0.6 is 0 Å². The van der Waals surface area contributed by atoms with Crippen LogP contribution in [0, 0.1) is 0 Å². The summed E-state index contributed by atoms with van der Waals surface area (Å²) in [5.41, 5.74) is 4.51. The van der Waals surface area contributed by atoms with Crippen molar-refractivity contribution >= 4 is 10.9 Å². The largest absolute Gasteiger partial charge is 0.384 e. The first-order valence-electron chi connectivity index (χ1n) is 6.46. The van der Waals surface area contributed by atoms with Crippen LogP contribution < -0.4 is 5.43 Å². The molecule has 3 nitrogen and oxygen atoms in total. The fraction of sp³-hybridized carbons (Fsp3) is 0.400. The lowest BCUT2D eigenvalue weighted by molar-refractivity contribution is 0.202. The summed E-state index contributed by atoms with van der Waals surface area (Å²) in [5, 5.41) is 0.823. The molecule has 1 N–H and O–H groups in total. The third kappa shape index (κ3) is 1.75. The van der Waals surface area contributed by atoms with Gasteiger partial charge < -0.3 is 9.72 Å². The summed E-state index contributed by atoms with van der Waals surface area (Å²) in [6.45, 7) is 0.679. The number of ether oxygens (including phenoxy) is 1. The Kier molecular flexibility index (Phi) is 2.92. The monoisotopic (exact) mass is 243 g/mol. The van der Waals surface area contributed by atoms with Crippen LogP contribution in [-0.2, 0) is 24.0 Å². The summed E-state index contributed by atoms with van der Waals surface area (Å²) in [5.74, 6) is 0. The average molecular weight is 243 g/mol. The van der Waals surface area contributed by atoms with Crippen molar-refractivity contribution in [3.05, 3.63) is 45.2 Å². The van der Waals surface area contributed by atoms with Gasteiger partial charge in [-0.3, -0.25) is 4.79 Å². The van der Waals surface area contributed by atoms with Crippen LogP contribution in [0.4, 0.5) is 0 Å². The van der Waals surface area contributed by atoms with Gasteiger partial charge in [-0.05, 0) is 37.3 Å². The van der Waals surface area contributed by atoms with Crippen LogP contribution in [0.15, 0.2) is 23.0 Å². The van der Waals surface area contributed by atoms with Gasteiger partial charge in [-0.1, -0.05) is 12.1 Å². The third-order valence-electron chi connectivity index (χ3n) is 3.74. The summed E-state index contributed by atoms with van der Waals surface area (Å²) in [6.07, 6.45) is 3.84. The molecule has 0 bridgehead atoms. The molecule has 1 heterocycles. The van der Waals surface area contributed by atoms with E-state index in [4.69, 9.17) is 4.74 Å². The zero-order chi connectivity index (χ0) is 12.5. The zero-order valence-electron chi connectivity index (χ0n) is 10.6. The first kappa shape index (κ1) is 11.5. The zero-order valence-corrected chi connectivity index (χ0v) is 10.6. The minimum absolute atomic E-state index is 0.218. The number of hydrogen-bond donors (Lipinski definition) is 1. The molecule has 1 aliphatic carbocycles. The minimum atomic E-state index is 0.218. The minimum Gasteiger partial charge on any atom is -0.384 e. The summed E-state index contributed by atoms with van der Waals surface area (Å²) in [4.78, 5) is 15.9. The Morgan fingerprint density at radius 1 is 1.33 bits per heavy atom.